The number of aromatic nitrogens is 3. The quantitative estimate of drug-likeness (QED) is 0.712. The summed E-state index contributed by atoms with van der Waals surface area (Å²) in [6.07, 6.45) is 1.62. The second-order valence-electron chi connectivity index (χ2n) is 2.18. The summed E-state index contributed by atoms with van der Waals surface area (Å²) in [5.74, 6) is 0. The number of thiazole rings is 1. The molecule has 0 amide bonds. The molecule has 60 valence electrons. The summed E-state index contributed by atoms with van der Waals surface area (Å²) in [5.41, 5.74) is 7.01. The number of nitrogens with zero attached hydrogens (tertiary/aromatic N) is 3. The molecule has 0 saturated heterocycles. The summed E-state index contributed by atoms with van der Waals surface area (Å²) in [6.45, 7) is 0. The highest BCUT2D eigenvalue weighted by Gasteiger charge is 2.02. The summed E-state index contributed by atoms with van der Waals surface area (Å²) in [4.78, 5) is 4.07. The van der Waals surface area contributed by atoms with E-state index in [4.69, 9.17) is 5.73 Å². The number of rotatable bonds is 1. The predicted molar refractivity (Wildman–Crippen MR) is 47.6 cm³/mol. The zero-order valence-electron chi connectivity index (χ0n) is 6.14. The number of nitrogens with two attached hydrogens (primary N) is 1. The van der Waals surface area contributed by atoms with E-state index in [1.165, 1.54) is 11.3 Å². The lowest BCUT2D eigenvalue weighted by molar-refractivity contribution is 1.03. The summed E-state index contributed by atoms with van der Waals surface area (Å²) in [7, 11) is 0. The summed E-state index contributed by atoms with van der Waals surface area (Å²) >= 11 is 1.40. The van der Waals surface area contributed by atoms with Crippen LogP contribution in [0.5, 0.6) is 0 Å². The smallest absolute Gasteiger partial charge is 0.180 e. The van der Waals surface area contributed by atoms with Crippen molar-refractivity contribution in [3.05, 3.63) is 23.7 Å². The highest BCUT2D eigenvalue weighted by Crippen LogP contribution is 2.19. The third-order valence-corrected chi connectivity index (χ3v) is 2.03. The van der Waals surface area contributed by atoms with E-state index in [0.29, 0.717) is 5.13 Å². The van der Waals surface area contributed by atoms with Crippen molar-refractivity contribution in [2.24, 2.45) is 0 Å². The Morgan fingerprint density at radius 3 is 2.83 bits per heavy atom. The van der Waals surface area contributed by atoms with Gasteiger partial charge in [-0.2, -0.15) is 5.10 Å². The molecule has 5 heteroatoms. The molecule has 0 unspecified atom stereocenters. The first-order valence-corrected chi connectivity index (χ1v) is 4.23. The van der Waals surface area contributed by atoms with Crippen molar-refractivity contribution in [1.82, 2.24) is 15.2 Å². The van der Waals surface area contributed by atoms with Crippen molar-refractivity contribution >= 4 is 16.5 Å². The Labute approximate surface area is 73.1 Å². The second-order valence-corrected chi connectivity index (χ2v) is 3.07. The lowest BCUT2D eigenvalue weighted by atomic mass is 10.3. The Morgan fingerprint density at radius 2 is 2.25 bits per heavy atom. The second kappa shape index (κ2) is 2.86. The van der Waals surface area contributed by atoms with Crippen LogP contribution >= 0.6 is 11.3 Å². The standard InChI is InChI=1S/C7H6N4S/c8-7-10-6(4-12-7)5-2-1-3-9-11-5/h1-4H,(H2,8,10). The zero-order valence-corrected chi connectivity index (χ0v) is 6.95. The minimum absolute atomic E-state index is 0.552. The summed E-state index contributed by atoms with van der Waals surface area (Å²) in [6, 6.07) is 3.67. The van der Waals surface area contributed by atoms with Gasteiger partial charge in [0.1, 0.15) is 11.4 Å². The fourth-order valence-corrected chi connectivity index (χ4v) is 1.40. The monoisotopic (exact) mass is 178 g/mol. The van der Waals surface area contributed by atoms with Crippen LogP contribution in [0.3, 0.4) is 0 Å². The van der Waals surface area contributed by atoms with Gasteiger partial charge in [0.15, 0.2) is 5.13 Å². The Hall–Kier alpha value is -1.49. The molecule has 12 heavy (non-hydrogen) atoms. The first-order valence-electron chi connectivity index (χ1n) is 3.35. The molecule has 0 aliphatic heterocycles. The van der Waals surface area contributed by atoms with Gasteiger partial charge >= 0.3 is 0 Å². The fraction of sp³-hybridized carbons (Fsp3) is 0. The Kier molecular flexibility index (Phi) is 1.71. The van der Waals surface area contributed by atoms with Crippen LogP contribution in [-0.4, -0.2) is 15.2 Å². The topological polar surface area (TPSA) is 64.7 Å². The van der Waals surface area contributed by atoms with Crippen LogP contribution in [0.2, 0.25) is 0 Å². The van der Waals surface area contributed by atoms with Crippen molar-refractivity contribution in [2.75, 3.05) is 5.73 Å². The first kappa shape index (κ1) is 7.17. The largest absolute Gasteiger partial charge is 0.375 e. The van der Waals surface area contributed by atoms with Crippen LogP contribution in [0, 0.1) is 0 Å². The molecule has 0 fully saturated rings. The average molecular weight is 178 g/mol. The maximum Gasteiger partial charge on any atom is 0.180 e. The van der Waals surface area contributed by atoms with Crippen LogP contribution in [-0.2, 0) is 0 Å². The van der Waals surface area contributed by atoms with Crippen molar-refractivity contribution in [2.45, 2.75) is 0 Å². The third-order valence-electron chi connectivity index (χ3n) is 1.36. The molecule has 0 spiro atoms. The molecule has 0 bridgehead atoms. The van der Waals surface area contributed by atoms with Gasteiger partial charge in [-0.1, -0.05) is 0 Å². The van der Waals surface area contributed by atoms with Gasteiger partial charge in [-0.15, -0.1) is 16.4 Å². The van der Waals surface area contributed by atoms with Crippen molar-refractivity contribution in [3.63, 3.8) is 0 Å². The SMILES string of the molecule is Nc1nc(-c2cccnn2)cs1. The molecule has 4 nitrogen and oxygen atoms in total. The van der Waals surface area contributed by atoms with E-state index in [2.05, 4.69) is 15.2 Å². The highest BCUT2D eigenvalue weighted by atomic mass is 32.1. The number of anilines is 1. The minimum Gasteiger partial charge on any atom is -0.375 e. The van der Waals surface area contributed by atoms with Gasteiger partial charge in [0, 0.05) is 11.6 Å². The van der Waals surface area contributed by atoms with Gasteiger partial charge in [-0.25, -0.2) is 4.98 Å². The predicted octanol–water partition coefficient (Wildman–Crippen LogP) is 1.18. The number of hydrogen-bond acceptors (Lipinski definition) is 5. The third kappa shape index (κ3) is 1.26. The van der Waals surface area contributed by atoms with Gasteiger partial charge < -0.3 is 5.73 Å². The van der Waals surface area contributed by atoms with Gasteiger partial charge in [-0.3, -0.25) is 0 Å². The van der Waals surface area contributed by atoms with E-state index in [1.807, 2.05) is 17.5 Å². The molecule has 2 heterocycles. The number of nitrogen functional groups attached to an aromatic ring is 1. The van der Waals surface area contributed by atoms with E-state index in [-0.39, 0.29) is 0 Å². The molecule has 2 rings (SSSR count). The van der Waals surface area contributed by atoms with E-state index in [1.54, 1.807) is 6.20 Å². The molecule has 0 atom stereocenters. The molecule has 0 aliphatic rings. The van der Waals surface area contributed by atoms with Crippen molar-refractivity contribution in [3.8, 4) is 11.4 Å². The number of hydrogen-bond donors (Lipinski definition) is 1. The Balaban J connectivity index is 2.45. The molecular weight excluding hydrogens is 172 g/mol. The van der Waals surface area contributed by atoms with Crippen LogP contribution in [0.25, 0.3) is 11.4 Å². The van der Waals surface area contributed by atoms with Crippen molar-refractivity contribution < 1.29 is 0 Å². The maximum atomic E-state index is 5.48. The van der Waals surface area contributed by atoms with Gasteiger partial charge in [-0.05, 0) is 12.1 Å². The molecular formula is C7H6N4S. The maximum absolute atomic E-state index is 5.48. The minimum atomic E-state index is 0.552. The van der Waals surface area contributed by atoms with E-state index in [0.717, 1.165) is 11.4 Å². The molecule has 0 aromatic carbocycles. The Morgan fingerprint density at radius 1 is 1.33 bits per heavy atom. The normalized spacial score (nSPS) is 10.0. The van der Waals surface area contributed by atoms with Crippen LogP contribution in [0.4, 0.5) is 5.13 Å². The average Bonchev–Trinajstić information content (AvgIpc) is 2.54. The van der Waals surface area contributed by atoms with Gasteiger partial charge in [0.25, 0.3) is 0 Å². The first-order chi connectivity index (χ1) is 5.86. The lowest BCUT2D eigenvalue weighted by Gasteiger charge is -1.90. The molecule has 0 aliphatic carbocycles. The fourth-order valence-electron chi connectivity index (χ4n) is 0.843. The summed E-state index contributed by atoms with van der Waals surface area (Å²) < 4.78 is 0. The molecule has 2 aromatic heterocycles. The molecule has 2 N–H and O–H groups in total. The molecule has 2 aromatic rings. The van der Waals surface area contributed by atoms with Crippen molar-refractivity contribution in [1.29, 1.82) is 0 Å². The van der Waals surface area contributed by atoms with Crippen LogP contribution < -0.4 is 5.73 Å². The van der Waals surface area contributed by atoms with Gasteiger partial charge in [0.05, 0.1) is 0 Å². The highest BCUT2D eigenvalue weighted by molar-refractivity contribution is 7.13. The van der Waals surface area contributed by atoms with E-state index in [9.17, 15) is 0 Å². The molecule has 0 saturated carbocycles. The molecule has 0 radical (unpaired) electrons. The lowest BCUT2D eigenvalue weighted by Crippen LogP contribution is -1.86. The van der Waals surface area contributed by atoms with E-state index >= 15 is 0 Å². The van der Waals surface area contributed by atoms with Crippen LogP contribution in [0.15, 0.2) is 23.7 Å². The van der Waals surface area contributed by atoms with Crippen LogP contribution in [0.1, 0.15) is 0 Å². The zero-order chi connectivity index (χ0) is 8.39. The van der Waals surface area contributed by atoms with E-state index < -0.39 is 0 Å². The Bertz CT molecular complexity index is 370. The summed E-state index contributed by atoms with van der Waals surface area (Å²) in [5, 5.41) is 10.1. The van der Waals surface area contributed by atoms with Gasteiger partial charge in [0.2, 0.25) is 0 Å².